The molecule has 0 saturated carbocycles. The molecule has 5 heteroatoms. The highest BCUT2D eigenvalue weighted by molar-refractivity contribution is 5.89. The highest BCUT2D eigenvalue weighted by atomic mass is 16.5. The van der Waals surface area contributed by atoms with Crippen molar-refractivity contribution in [2.75, 3.05) is 7.11 Å². The summed E-state index contributed by atoms with van der Waals surface area (Å²) in [5, 5.41) is 11.8. The van der Waals surface area contributed by atoms with Crippen LogP contribution in [0.3, 0.4) is 0 Å². The van der Waals surface area contributed by atoms with Crippen LogP contribution >= 0.6 is 0 Å². The molecule has 0 aliphatic rings. The van der Waals surface area contributed by atoms with Crippen LogP contribution in [0.25, 0.3) is 0 Å². The number of hydrogen-bond acceptors (Lipinski definition) is 5. The first kappa shape index (κ1) is 15.4. The number of benzene rings is 2. The van der Waals surface area contributed by atoms with E-state index in [1.165, 1.54) is 7.11 Å². The first-order valence-corrected chi connectivity index (χ1v) is 6.71. The van der Waals surface area contributed by atoms with E-state index in [-0.39, 0.29) is 17.2 Å². The molecule has 5 nitrogen and oxygen atoms in total. The number of hydrogen-bond donors (Lipinski definition) is 0. The minimum Gasteiger partial charge on any atom is -0.465 e. The van der Waals surface area contributed by atoms with Crippen molar-refractivity contribution in [3.05, 3.63) is 69.6 Å². The molecule has 110 valence electrons. The summed E-state index contributed by atoms with van der Waals surface area (Å²) < 4.78 is 4.65. The second-order valence-electron chi connectivity index (χ2n) is 4.74. The predicted molar refractivity (Wildman–Crippen MR) is 81.8 cm³/mol. The van der Waals surface area contributed by atoms with Gasteiger partial charge in [-0.2, -0.15) is 5.26 Å². The van der Waals surface area contributed by atoms with Crippen LogP contribution in [0.15, 0.2) is 47.6 Å². The molecule has 0 aliphatic carbocycles. The van der Waals surface area contributed by atoms with E-state index in [0.29, 0.717) is 5.56 Å². The number of esters is 1. The first-order chi connectivity index (χ1) is 10.7. The van der Waals surface area contributed by atoms with Gasteiger partial charge in [-0.05, 0) is 53.4 Å². The summed E-state index contributed by atoms with van der Waals surface area (Å²) in [6, 6.07) is 14.2. The fraction of sp³-hybridized carbons (Fsp3) is 0.176. The Balaban J connectivity index is 2.05. The number of nitriles is 1. The average molecular weight is 294 g/mol. The van der Waals surface area contributed by atoms with E-state index in [9.17, 15) is 9.70 Å². The fourth-order valence-electron chi connectivity index (χ4n) is 2.12. The molecule has 2 aromatic carbocycles. The topological polar surface area (TPSA) is 79.5 Å². The maximum absolute atomic E-state index is 11.3. The van der Waals surface area contributed by atoms with Gasteiger partial charge in [0.1, 0.15) is 11.8 Å². The van der Waals surface area contributed by atoms with Crippen LogP contribution in [0, 0.1) is 16.2 Å². The summed E-state index contributed by atoms with van der Waals surface area (Å²) in [7, 11) is 1.35. The van der Waals surface area contributed by atoms with Gasteiger partial charge in [0.05, 0.1) is 18.2 Å². The number of nitrogens with zero attached hydrogens (tertiary/aromatic N) is 2. The van der Waals surface area contributed by atoms with Crippen LogP contribution < -0.4 is 0 Å². The SMILES string of the molecule is COC(=O)c1ccc(CCc2ccc(N=O)c(C#N)c2)cc1. The third kappa shape index (κ3) is 3.55. The van der Waals surface area contributed by atoms with Crippen molar-refractivity contribution in [1.29, 1.82) is 5.26 Å². The standard InChI is InChI=1S/C17H14N2O3/c1-22-17(20)14-7-4-12(5-8-14)2-3-13-6-9-16(19-21)15(10-13)11-18/h4-10H,2-3H2,1H3. The van der Waals surface area contributed by atoms with Crippen LogP contribution in [-0.2, 0) is 17.6 Å². The number of nitroso groups, excluding NO2 is 1. The summed E-state index contributed by atoms with van der Waals surface area (Å²) in [6.07, 6.45) is 1.49. The second kappa shape index (κ2) is 7.14. The Kier molecular flexibility index (Phi) is 4.99. The lowest BCUT2D eigenvalue weighted by atomic mass is 10.0. The van der Waals surface area contributed by atoms with Gasteiger partial charge in [0.15, 0.2) is 0 Å². The smallest absolute Gasteiger partial charge is 0.337 e. The maximum atomic E-state index is 11.3. The van der Waals surface area contributed by atoms with Gasteiger partial charge in [-0.25, -0.2) is 4.79 Å². The Morgan fingerprint density at radius 2 is 1.77 bits per heavy atom. The van der Waals surface area contributed by atoms with Gasteiger partial charge in [0, 0.05) is 0 Å². The summed E-state index contributed by atoms with van der Waals surface area (Å²) in [4.78, 5) is 21.9. The molecule has 0 amide bonds. The zero-order chi connectivity index (χ0) is 15.9. The number of methoxy groups -OCH3 is 1. The predicted octanol–water partition coefficient (Wildman–Crippen LogP) is 3.53. The van der Waals surface area contributed by atoms with E-state index in [2.05, 4.69) is 9.91 Å². The zero-order valence-electron chi connectivity index (χ0n) is 12.1. The Morgan fingerprint density at radius 1 is 1.14 bits per heavy atom. The number of ether oxygens (including phenoxy) is 1. The van der Waals surface area contributed by atoms with E-state index < -0.39 is 0 Å². The van der Waals surface area contributed by atoms with Gasteiger partial charge in [0.25, 0.3) is 0 Å². The molecular formula is C17H14N2O3. The molecule has 0 atom stereocenters. The van der Waals surface area contributed by atoms with E-state index in [4.69, 9.17) is 5.26 Å². The first-order valence-electron chi connectivity index (χ1n) is 6.71. The van der Waals surface area contributed by atoms with Crippen molar-refractivity contribution in [1.82, 2.24) is 0 Å². The lowest BCUT2D eigenvalue weighted by molar-refractivity contribution is 0.0600. The summed E-state index contributed by atoms with van der Waals surface area (Å²) in [5.41, 5.74) is 2.99. The third-order valence-corrected chi connectivity index (χ3v) is 3.36. The van der Waals surface area contributed by atoms with Crippen LogP contribution in [-0.4, -0.2) is 13.1 Å². The van der Waals surface area contributed by atoms with E-state index in [1.807, 2.05) is 18.2 Å². The normalized spacial score (nSPS) is 9.82. The minimum absolute atomic E-state index is 0.161. The molecule has 0 saturated heterocycles. The van der Waals surface area contributed by atoms with Crippen LogP contribution in [0.2, 0.25) is 0 Å². The number of rotatable bonds is 5. The Bertz CT molecular complexity index is 731. The average Bonchev–Trinajstić information content (AvgIpc) is 2.59. The van der Waals surface area contributed by atoms with Crippen molar-refractivity contribution in [2.24, 2.45) is 5.18 Å². The highest BCUT2D eigenvalue weighted by Gasteiger charge is 2.06. The number of aryl methyl sites for hydroxylation is 2. The molecule has 0 heterocycles. The van der Waals surface area contributed by atoms with Crippen LogP contribution in [0.4, 0.5) is 5.69 Å². The maximum Gasteiger partial charge on any atom is 0.337 e. The lowest BCUT2D eigenvalue weighted by Crippen LogP contribution is -2.01. The van der Waals surface area contributed by atoms with E-state index >= 15 is 0 Å². The van der Waals surface area contributed by atoms with Gasteiger partial charge >= 0.3 is 5.97 Å². The number of carbonyl (C=O) groups is 1. The summed E-state index contributed by atoms with van der Waals surface area (Å²) >= 11 is 0. The Morgan fingerprint density at radius 3 is 2.36 bits per heavy atom. The molecule has 0 aromatic heterocycles. The molecule has 2 aromatic rings. The van der Waals surface area contributed by atoms with Gasteiger partial charge in [-0.1, -0.05) is 18.2 Å². The minimum atomic E-state index is -0.359. The molecule has 22 heavy (non-hydrogen) atoms. The Labute approximate surface area is 128 Å². The second-order valence-corrected chi connectivity index (χ2v) is 4.74. The van der Waals surface area contributed by atoms with Crippen molar-refractivity contribution in [3.63, 3.8) is 0 Å². The Hall–Kier alpha value is -3.00. The zero-order valence-corrected chi connectivity index (χ0v) is 12.1. The monoisotopic (exact) mass is 294 g/mol. The van der Waals surface area contributed by atoms with Gasteiger partial charge < -0.3 is 4.74 Å². The van der Waals surface area contributed by atoms with E-state index in [1.54, 1.807) is 30.3 Å². The van der Waals surface area contributed by atoms with Crippen LogP contribution in [0.1, 0.15) is 27.0 Å². The van der Waals surface area contributed by atoms with Crippen molar-refractivity contribution in [2.45, 2.75) is 12.8 Å². The van der Waals surface area contributed by atoms with E-state index in [0.717, 1.165) is 24.0 Å². The van der Waals surface area contributed by atoms with Crippen molar-refractivity contribution in [3.8, 4) is 6.07 Å². The quantitative estimate of drug-likeness (QED) is 0.624. The summed E-state index contributed by atoms with van der Waals surface area (Å²) in [6.45, 7) is 0. The van der Waals surface area contributed by atoms with Crippen molar-refractivity contribution < 1.29 is 9.53 Å². The largest absolute Gasteiger partial charge is 0.465 e. The molecule has 0 unspecified atom stereocenters. The van der Waals surface area contributed by atoms with Crippen LogP contribution in [0.5, 0.6) is 0 Å². The molecule has 0 radical (unpaired) electrons. The fourth-order valence-corrected chi connectivity index (χ4v) is 2.12. The molecule has 0 N–H and O–H groups in total. The van der Waals surface area contributed by atoms with Gasteiger partial charge in [-0.3, -0.25) is 0 Å². The molecule has 0 aliphatic heterocycles. The summed E-state index contributed by atoms with van der Waals surface area (Å²) in [5.74, 6) is -0.359. The molecule has 0 bridgehead atoms. The molecule has 2 rings (SSSR count). The molecule has 0 spiro atoms. The lowest BCUT2D eigenvalue weighted by Gasteiger charge is -2.05. The molecular weight excluding hydrogens is 280 g/mol. The number of carbonyl (C=O) groups excluding carboxylic acids is 1. The highest BCUT2D eigenvalue weighted by Crippen LogP contribution is 2.20. The molecule has 0 fully saturated rings. The van der Waals surface area contributed by atoms with Gasteiger partial charge in [-0.15, -0.1) is 4.91 Å². The third-order valence-electron chi connectivity index (χ3n) is 3.36. The van der Waals surface area contributed by atoms with Crippen molar-refractivity contribution >= 4 is 11.7 Å². The van der Waals surface area contributed by atoms with Gasteiger partial charge in [0.2, 0.25) is 0 Å².